The van der Waals surface area contributed by atoms with E-state index in [1.54, 1.807) is 4.90 Å². The largest absolute Gasteiger partial charge is 0.339 e. The fourth-order valence-electron chi connectivity index (χ4n) is 1.91. The predicted molar refractivity (Wildman–Crippen MR) is 56.1 cm³/mol. The summed E-state index contributed by atoms with van der Waals surface area (Å²) in [6.45, 7) is 1.41. The molecule has 0 spiro atoms. The molecule has 1 heterocycles. The molecule has 1 aromatic carbocycles. The molecule has 16 heavy (non-hydrogen) atoms. The monoisotopic (exact) mass is 225 g/mol. The van der Waals surface area contributed by atoms with Gasteiger partial charge in [-0.05, 0) is 37.5 Å². The summed E-state index contributed by atoms with van der Waals surface area (Å²) in [5.74, 6) is -2.10. The van der Waals surface area contributed by atoms with Crippen molar-refractivity contribution in [3.05, 3.63) is 35.4 Å². The van der Waals surface area contributed by atoms with Gasteiger partial charge in [-0.25, -0.2) is 8.78 Å². The quantitative estimate of drug-likeness (QED) is 0.719. The lowest BCUT2D eigenvalue weighted by molar-refractivity contribution is 0.0723. The summed E-state index contributed by atoms with van der Waals surface area (Å²) in [6, 6.07) is 3.29. The van der Waals surface area contributed by atoms with Crippen molar-refractivity contribution in [3.8, 4) is 0 Å². The Labute approximate surface area is 92.9 Å². The van der Waals surface area contributed by atoms with Crippen LogP contribution in [-0.2, 0) is 0 Å². The number of hydrogen-bond acceptors (Lipinski definition) is 1. The van der Waals surface area contributed by atoms with Gasteiger partial charge in [-0.1, -0.05) is 0 Å². The van der Waals surface area contributed by atoms with Crippen molar-refractivity contribution in [1.82, 2.24) is 4.90 Å². The SMILES string of the molecule is O=C(c1ccc(F)c(F)c1)N1CCCCC1. The van der Waals surface area contributed by atoms with E-state index in [2.05, 4.69) is 0 Å². The summed E-state index contributed by atoms with van der Waals surface area (Å²) in [4.78, 5) is 13.6. The van der Waals surface area contributed by atoms with Crippen molar-refractivity contribution < 1.29 is 13.6 Å². The van der Waals surface area contributed by atoms with E-state index in [4.69, 9.17) is 0 Å². The molecule has 86 valence electrons. The van der Waals surface area contributed by atoms with Gasteiger partial charge in [-0.2, -0.15) is 0 Å². The minimum Gasteiger partial charge on any atom is -0.339 e. The number of carbonyl (C=O) groups is 1. The third-order valence-electron chi connectivity index (χ3n) is 2.81. The van der Waals surface area contributed by atoms with Gasteiger partial charge < -0.3 is 4.90 Å². The lowest BCUT2D eigenvalue weighted by Crippen LogP contribution is -2.35. The molecule has 0 aromatic heterocycles. The fourth-order valence-corrected chi connectivity index (χ4v) is 1.91. The van der Waals surface area contributed by atoms with Gasteiger partial charge in [-0.15, -0.1) is 0 Å². The second-order valence-corrected chi connectivity index (χ2v) is 3.98. The van der Waals surface area contributed by atoms with Crippen LogP contribution in [0.25, 0.3) is 0 Å². The van der Waals surface area contributed by atoms with Gasteiger partial charge in [0, 0.05) is 18.7 Å². The molecule has 1 saturated heterocycles. The van der Waals surface area contributed by atoms with E-state index in [1.165, 1.54) is 6.07 Å². The van der Waals surface area contributed by atoms with Crippen molar-refractivity contribution in [1.29, 1.82) is 0 Å². The minimum absolute atomic E-state index is 0.210. The van der Waals surface area contributed by atoms with Gasteiger partial charge in [0.25, 0.3) is 5.91 Å². The Bertz CT molecular complexity index is 400. The van der Waals surface area contributed by atoms with Crippen LogP contribution in [0.1, 0.15) is 29.6 Å². The molecule has 0 bridgehead atoms. The number of hydrogen-bond donors (Lipinski definition) is 0. The Balaban J connectivity index is 2.16. The molecular weight excluding hydrogens is 212 g/mol. The number of halogens is 2. The second-order valence-electron chi connectivity index (χ2n) is 3.98. The number of rotatable bonds is 1. The van der Waals surface area contributed by atoms with Gasteiger partial charge in [0.2, 0.25) is 0 Å². The van der Waals surface area contributed by atoms with E-state index >= 15 is 0 Å². The molecule has 1 amide bonds. The standard InChI is InChI=1S/C12H13F2NO/c13-10-5-4-9(8-11(10)14)12(16)15-6-2-1-3-7-15/h4-5,8H,1-3,6-7H2. The fraction of sp³-hybridized carbons (Fsp3) is 0.417. The molecule has 0 aliphatic carbocycles. The average Bonchev–Trinajstić information content (AvgIpc) is 2.33. The summed E-state index contributed by atoms with van der Waals surface area (Å²) in [7, 11) is 0. The molecule has 1 aliphatic heterocycles. The van der Waals surface area contributed by atoms with E-state index in [0.29, 0.717) is 13.1 Å². The summed E-state index contributed by atoms with van der Waals surface area (Å²) in [5.41, 5.74) is 0.223. The smallest absolute Gasteiger partial charge is 0.253 e. The average molecular weight is 225 g/mol. The Morgan fingerprint density at radius 2 is 1.75 bits per heavy atom. The Morgan fingerprint density at radius 3 is 2.38 bits per heavy atom. The normalized spacial score (nSPS) is 16.2. The van der Waals surface area contributed by atoms with Crippen molar-refractivity contribution in [2.75, 3.05) is 13.1 Å². The number of piperidine rings is 1. The number of likely N-dealkylation sites (tertiary alicyclic amines) is 1. The van der Waals surface area contributed by atoms with Crippen LogP contribution in [0.15, 0.2) is 18.2 Å². The van der Waals surface area contributed by atoms with Crippen LogP contribution >= 0.6 is 0 Å². The van der Waals surface area contributed by atoms with Crippen LogP contribution in [0.3, 0.4) is 0 Å². The van der Waals surface area contributed by atoms with Crippen molar-refractivity contribution in [2.45, 2.75) is 19.3 Å². The first-order valence-electron chi connectivity index (χ1n) is 5.43. The molecule has 0 atom stereocenters. The zero-order valence-electron chi connectivity index (χ0n) is 8.88. The van der Waals surface area contributed by atoms with Crippen LogP contribution in [-0.4, -0.2) is 23.9 Å². The zero-order valence-corrected chi connectivity index (χ0v) is 8.88. The maximum atomic E-state index is 13.0. The molecule has 1 aromatic rings. The zero-order chi connectivity index (χ0) is 11.5. The molecule has 0 radical (unpaired) electrons. The first-order valence-corrected chi connectivity index (χ1v) is 5.43. The second kappa shape index (κ2) is 4.60. The lowest BCUT2D eigenvalue weighted by atomic mass is 10.1. The van der Waals surface area contributed by atoms with E-state index in [-0.39, 0.29) is 11.5 Å². The van der Waals surface area contributed by atoms with Crippen LogP contribution in [0.4, 0.5) is 8.78 Å². The molecule has 1 aliphatic rings. The highest BCUT2D eigenvalue weighted by Crippen LogP contribution is 2.15. The van der Waals surface area contributed by atoms with E-state index < -0.39 is 11.6 Å². The molecule has 1 fully saturated rings. The highest BCUT2D eigenvalue weighted by Gasteiger charge is 2.19. The summed E-state index contributed by atoms with van der Waals surface area (Å²) < 4.78 is 25.7. The topological polar surface area (TPSA) is 20.3 Å². The van der Waals surface area contributed by atoms with E-state index in [9.17, 15) is 13.6 Å². The number of benzene rings is 1. The summed E-state index contributed by atoms with van der Waals surface area (Å²) in [6.07, 6.45) is 3.09. The van der Waals surface area contributed by atoms with Crippen LogP contribution in [0.5, 0.6) is 0 Å². The lowest BCUT2D eigenvalue weighted by Gasteiger charge is -2.26. The van der Waals surface area contributed by atoms with Gasteiger partial charge in [0.05, 0.1) is 0 Å². The van der Waals surface area contributed by atoms with Gasteiger partial charge in [-0.3, -0.25) is 4.79 Å². The Hall–Kier alpha value is -1.45. The van der Waals surface area contributed by atoms with Crippen molar-refractivity contribution in [2.24, 2.45) is 0 Å². The van der Waals surface area contributed by atoms with Gasteiger partial charge in [0.15, 0.2) is 11.6 Å². The molecule has 4 heteroatoms. The molecular formula is C12H13F2NO. The minimum atomic E-state index is -0.970. The molecule has 0 N–H and O–H groups in total. The highest BCUT2D eigenvalue weighted by atomic mass is 19.2. The number of amides is 1. The third-order valence-corrected chi connectivity index (χ3v) is 2.81. The van der Waals surface area contributed by atoms with Crippen LogP contribution < -0.4 is 0 Å². The highest BCUT2D eigenvalue weighted by molar-refractivity contribution is 5.94. The molecule has 0 saturated carbocycles. The third kappa shape index (κ3) is 2.21. The first kappa shape index (κ1) is 11.0. The summed E-state index contributed by atoms with van der Waals surface area (Å²) >= 11 is 0. The predicted octanol–water partition coefficient (Wildman–Crippen LogP) is 2.59. The van der Waals surface area contributed by atoms with Gasteiger partial charge in [0.1, 0.15) is 0 Å². The Morgan fingerprint density at radius 1 is 1.06 bits per heavy atom. The molecule has 0 unspecified atom stereocenters. The van der Waals surface area contributed by atoms with E-state index in [1.807, 2.05) is 0 Å². The molecule has 2 rings (SSSR count). The maximum absolute atomic E-state index is 13.0. The number of carbonyl (C=O) groups excluding carboxylic acids is 1. The maximum Gasteiger partial charge on any atom is 0.253 e. The first-order chi connectivity index (χ1) is 7.68. The Kier molecular flexibility index (Phi) is 3.17. The van der Waals surface area contributed by atoms with Crippen LogP contribution in [0, 0.1) is 11.6 Å². The van der Waals surface area contributed by atoms with Crippen molar-refractivity contribution in [3.63, 3.8) is 0 Å². The summed E-state index contributed by atoms with van der Waals surface area (Å²) in [5, 5.41) is 0. The van der Waals surface area contributed by atoms with Crippen molar-refractivity contribution >= 4 is 5.91 Å². The van der Waals surface area contributed by atoms with Gasteiger partial charge >= 0.3 is 0 Å². The van der Waals surface area contributed by atoms with Crippen LogP contribution in [0.2, 0.25) is 0 Å². The number of nitrogens with zero attached hydrogens (tertiary/aromatic N) is 1. The molecule has 2 nitrogen and oxygen atoms in total. The van der Waals surface area contributed by atoms with E-state index in [0.717, 1.165) is 31.4 Å².